The SMILES string of the molecule is CCSC(SCC)[C@@H]1CCCN1C(=O)c1cc2cc(C)c(OCCCl)cc2cc1[N+](=O)[O-].CCSC(SCC)[C@@H]1CCCN1C(=O)c1cc2cc(OCCCl)c(C)cc2cc1[N+](=O)[O-]. The van der Waals surface area contributed by atoms with Gasteiger partial charge in [0.15, 0.2) is 0 Å². The lowest BCUT2D eigenvalue weighted by Crippen LogP contribution is -2.41. The first-order valence-corrected chi connectivity index (χ1v) is 27.0. The van der Waals surface area contributed by atoms with Crippen LogP contribution < -0.4 is 9.47 Å². The molecule has 2 amide bonds. The van der Waals surface area contributed by atoms with Gasteiger partial charge in [-0.3, -0.25) is 29.8 Å². The van der Waals surface area contributed by atoms with Crippen molar-refractivity contribution in [2.24, 2.45) is 0 Å². The normalized spacial score (nSPS) is 16.2. The van der Waals surface area contributed by atoms with Gasteiger partial charge in [-0.25, -0.2) is 0 Å². The van der Waals surface area contributed by atoms with Gasteiger partial charge < -0.3 is 19.3 Å². The van der Waals surface area contributed by atoms with Crippen LogP contribution in [-0.4, -0.2) is 114 Å². The number of halogens is 2. The summed E-state index contributed by atoms with van der Waals surface area (Å²) < 4.78 is 11.9. The molecule has 12 nitrogen and oxygen atoms in total. The van der Waals surface area contributed by atoms with Crippen LogP contribution in [0.2, 0.25) is 0 Å². The van der Waals surface area contributed by atoms with Crippen LogP contribution in [0.5, 0.6) is 11.5 Å². The Bertz CT molecular complexity index is 2280. The van der Waals surface area contributed by atoms with E-state index in [1.165, 1.54) is 12.1 Å². The number of amides is 2. The molecule has 4 aromatic rings. The monoisotopic (exact) mass is 992 g/mol. The first kappa shape index (κ1) is 51.7. The summed E-state index contributed by atoms with van der Waals surface area (Å²) >= 11 is 18.9. The Morgan fingerprint density at radius 2 is 0.969 bits per heavy atom. The Labute approximate surface area is 403 Å². The number of hydrogen-bond acceptors (Lipinski definition) is 12. The van der Waals surface area contributed by atoms with Crippen LogP contribution in [0, 0.1) is 34.1 Å². The summed E-state index contributed by atoms with van der Waals surface area (Å²) in [6.45, 7) is 14.3. The molecule has 6 rings (SSSR count). The Morgan fingerprint density at radius 1 is 0.625 bits per heavy atom. The van der Waals surface area contributed by atoms with Crippen molar-refractivity contribution < 1.29 is 28.9 Å². The van der Waals surface area contributed by atoms with Gasteiger partial charge in [0.2, 0.25) is 0 Å². The maximum Gasteiger partial charge on any atom is 0.282 e. The molecule has 4 aromatic carbocycles. The van der Waals surface area contributed by atoms with Crippen LogP contribution in [-0.2, 0) is 0 Å². The van der Waals surface area contributed by atoms with E-state index in [0.29, 0.717) is 60.3 Å². The minimum absolute atomic E-state index is 0.0772. The van der Waals surface area contributed by atoms with Crippen molar-refractivity contribution in [3.63, 3.8) is 0 Å². The van der Waals surface area contributed by atoms with Gasteiger partial charge in [0.1, 0.15) is 35.8 Å². The minimum Gasteiger partial charge on any atom is -0.492 e. The summed E-state index contributed by atoms with van der Waals surface area (Å²) in [6, 6.07) is 13.8. The lowest BCUT2D eigenvalue weighted by molar-refractivity contribution is -0.385. The van der Waals surface area contributed by atoms with Gasteiger partial charge >= 0.3 is 0 Å². The number of nitro benzene ring substituents is 2. The van der Waals surface area contributed by atoms with Gasteiger partial charge in [0, 0.05) is 25.2 Å². The van der Waals surface area contributed by atoms with Gasteiger partial charge in [-0.05, 0) is 132 Å². The van der Waals surface area contributed by atoms with Crippen LogP contribution in [0.1, 0.15) is 85.2 Å². The zero-order valence-corrected chi connectivity index (χ0v) is 42.0. The molecule has 2 aliphatic heterocycles. The molecule has 0 aliphatic carbocycles. The van der Waals surface area contributed by atoms with Gasteiger partial charge in [-0.15, -0.1) is 70.2 Å². The number of alkyl halides is 2. The summed E-state index contributed by atoms with van der Waals surface area (Å²) in [7, 11) is 0. The number of fused-ring (bicyclic) bond motifs is 2. The average molecular weight is 994 g/mol. The van der Waals surface area contributed by atoms with Crippen molar-refractivity contribution in [3.05, 3.63) is 91.0 Å². The van der Waals surface area contributed by atoms with Crippen molar-refractivity contribution >= 4 is 115 Å². The number of hydrogen-bond donors (Lipinski definition) is 0. The molecule has 2 saturated heterocycles. The number of carbonyl (C=O) groups excluding carboxylic acids is 2. The highest BCUT2D eigenvalue weighted by atomic mass is 35.5. The predicted octanol–water partition coefficient (Wildman–Crippen LogP) is 12.2. The smallest absolute Gasteiger partial charge is 0.282 e. The fraction of sp³-hybridized carbons (Fsp3) is 0.522. The topological polar surface area (TPSA) is 145 Å². The molecule has 2 atom stereocenters. The molecule has 18 heteroatoms. The zero-order valence-electron chi connectivity index (χ0n) is 37.3. The molecule has 0 aromatic heterocycles. The molecule has 0 radical (unpaired) electrons. The second-order valence-electron chi connectivity index (χ2n) is 15.2. The third kappa shape index (κ3) is 12.6. The van der Waals surface area contributed by atoms with Crippen molar-refractivity contribution in [2.45, 2.75) is 88.5 Å². The molecule has 2 heterocycles. The largest absolute Gasteiger partial charge is 0.492 e. The average Bonchev–Trinajstić information content (AvgIpc) is 3.98. The Balaban J connectivity index is 0.000000241. The van der Waals surface area contributed by atoms with Gasteiger partial charge in [-0.2, -0.15) is 0 Å². The second kappa shape index (κ2) is 25.0. The number of carbonyl (C=O) groups is 2. The summed E-state index contributed by atoms with van der Waals surface area (Å²) in [6.07, 6.45) is 3.69. The van der Waals surface area contributed by atoms with Crippen LogP contribution in [0.25, 0.3) is 21.5 Å². The van der Waals surface area contributed by atoms with Crippen molar-refractivity contribution in [3.8, 4) is 11.5 Å². The Hall–Kier alpha value is -3.28. The van der Waals surface area contributed by atoms with E-state index in [2.05, 4.69) is 27.7 Å². The molecule has 0 spiro atoms. The summed E-state index contributed by atoms with van der Waals surface area (Å²) in [5, 5.41) is 26.7. The molecule has 2 fully saturated rings. The molecule has 0 N–H and O–H groups in total. The number of likely N-dealkylation sites (tertiary alicyclic amines) is 2. The van der Waals surface area contributed by atoms with E-state index in [4.69, 9.17) is 32.7 Å². The van der Waals surface area contributed by atoms with E-state index >= 15 is 0 Å². The van der Waals surface area contributed by atoms with E-state index in [9.17, 15) is 29.8 Å². The summed E-state index contributed by atoms with van der Waals surface area (Å²) in [5.41, 5.74) is 1.75. The van der Waals surface area contributed by atoms with Crippen LogP contribution in [0.4, 0.5) is 11.4 Å². The molecule has 0 saturated carbocycles. The highest BCUT2D eigenvalue weighted by Crippen LogP contribution is 2.40. The number of benzene rings is 4. The standard InChI is InChI=1S/2C23H29ClN2O4S2/c1-4-31-23(32-5-2)19-7-6-9-25(19)22(27)18-12-17-14-21(30-10-8-24)15(3)11-16(17)13-20(18)26(28)29;1-4-31-23(32-5-2)19-7-6-9-25(19)22(27)18-12-16-11-15(3)21(30-10-8-24)14-17(16)13-20(18)26(28)29/h2*11-14,19,23H,4-10H2,1-3H3/t2*19-/m00/s1. The van der Waals surface area contributed by atoms with Crippen LogP contribution in [0.3, 0.4) is 0 Å². The van der Waals surface area contributed by atoms with E-state index < -0.39 is 9.85 Å². The first-order valence-electron chi connectivity index (χ1n) is 21.7. The first-order chi connectivity index (χ1) is 30.8. The highest BCUT2D eigenvalue weighted by Gasteiger charge is 2.39. The molecule has 64 heavy (non-hydrogen) atoms. The maximum absolute atomic E-state index is 13.6. The van der Waals surface area contributed by atoms with Crippen molar-refractivity contribution in [1.82, 2.24) is 9.80 Å². The fourth-order valence-corrected chi connectivity index (χ4v) is 14.2. The van der Waals surface area contributed by atoms with Crippen LogP contribution in [0.15, 0.2) is 48.5 Å². The highest BCUT2D eigenvalue weighted by molar-refractivity contribution is 8.17. The van der Waals surface area contributed by atoms with Gasteiger partial charge in [0.25, 0.3) is 23.2 Å². The van der Waals surface area contributed by atoms with E-state index in [0.717, 1.165) is 70.6 Å². The predicted molar refractivity (Wildman–Crippen MR) is 271 cm³/mol. The molecule has 348 valence electrons. The van der Waals surface area contributed by atoms with E-state index in [1.807, 2.05) is 88.9 Å². The third-order valence-electron chi connectivity index (χ3n) is 11.1. The van der Waals surface area contributed by atoms with Crippen molar-refractivity contribution in [1.29, 1.82) is 0 Å². The number of nitro groups is 2. The quantitative estimate of drug-likeness (QED) is 0.0359. The zero-order chi connectivity index (χ0) is 46.5. The van der Waals surface area contributed by atoms with E-state index in [-0.39, 0.29) is 55.6 Å². The van der Waals surface area contributed by atoms with Crippen LogP contribution >= 0.6 is 70.2 Å². The molecular formula is C46H58Cl2N4O8S4. The van der Waals surface area contributed by atoms with Crippen molar-refractivity contribution in [2.75, 3.05) is 61.1 Å². The molecule has 2 aliphatic rings. The van der Waals surface area contributed by atoms with E-state index in [1.54, 1.807) is 18.2 Å². The second-order valence-corrected chi connectivity index (χ2v) is 22.3. The fourth-order valence-electron chi connectivity index (χ4n) is 8.28. The lowest BCUT2D eigenvalue weighted by atomic mass is 10.0. The summed E-state index contributed by atoms with van der Waals surface area (Å²) in [4.78, 5) is 53.8. The third-order valence-corrected chi connectivity index (χ3v) is 16.9. The minimum atomic E-state index is -0.462. The number of rotatable bonds is 20. The molecule has 0 bridgehead atoms. The van der Waals surface area contributed by atoms with Gasteiger partial charge in [0.05, 0.1) is 42.9 Å². The molecule has 0 unspecified atom stereocenters. The molecular weight excluding hydrogens is 936 g/mol. The number of ether oxygens (including phenoxy) is 2. The summed E-state index contributed by atoms with van der Waals surface area (Å²) in [5.74, 6) is 5.40. The van der Waals surface area contributed by atoms with Gasteiger partial charge in [-0.1, -0.05) is 27.7 Å². The Morgan fingerprint density at radius 3 is 1.31 bits per heavy atom. The number of aryl methyl sites for hydroxylation is 2. The number of nitrogens with zero attached hydrogens (tertiary/aromatic N) is 4. The Kier molecular flexibility index (Phi) is 20.2. The number of thioether (sulfide) groups is 4. The maximum atomic E-state index is 13.6. The lowest BCUT2D eigenvalue weighted by Gasteiger charge is -2.31.